The summed E-state index contributed by atoms with van der Waals surface area (Å²) >= 11 is 0. The summed E-state index contributed by atoms with van der Waals surface area (Å²) in [5, 5.41) is 27.5. The summed E-state index contributed by atoms with van der Waals surface area (Å²) in [6.45, 7) is 13.9. The van der Waals surface area contributed by atoms with Gasteiger partial charge in [0.05, 0.1) is 47.5 Å². The van der Waals surface area contributed by atoms with Gasteiger partial charge < -0.3 is 59.4 Å². The average Bonchev–Trinajstić information content (AvgIpc) is 0.759. The number of hydrogen-bond donors (Lipinski definition) is 3. The van der Waals surface area contributed by atoms with Crippen LogP contribution in [0.2, 0.25) is 0 Å². The van der Waals surface area contributed by atoms with Crippen molar-refractivity contribution in [3.8, 4) is 51.7 Å². The smallest absolute Gasteiger partial charge is 0.870 e. The maximum Gasteiger partial charge on any atom is 1.00 e. The number of aliphatic hydroxyl groups excluding tert-OH is 2. The number of halogens is 9. The monoisotopic (exact) mass is 1640 g/mol. The van der Waals surface area contributed by atoms with Gasteiger partial charge in [-0.05, 0) is 106 Å². The minimum Gasteiger partial charge on any atom is -0.870 e. The van der Waals surface area contributed by atoms with Crippen LogP contribution in [0.25, 0.3) is 33.1 Å². The Bertz CT molecular complexity index is 4990. The second-order valence-electron chi connectivity index (χ2n) is 25.5. The van der Waals surface area contributed by atoms with Crippen molar-refractivity contribution in [2.45, 2.75) is 151 Å². The number of carbonyl (C=O) groups is 2. The number of carbonyl (C=O) groups excluding carboxylic acids is 1. The molecule has 0 fully saturated rings. The van der Waals surface area contributed by atoms with Crippen molar-refractivity contribution in [2.24, 2.45) is 38.9 Å². The molecule has 1 atom stereocenters. The normalized spacial score (nSPS) is 11.5. The van der Waals surface area contributed by atoms with Gasteiger partial charge in [0.1, 0.15) is 62.9 Å². The number of ether oxygens (including phenoxy) is 7. The molecule has 0 aliphatic carbocycles. The van der Waals surface area contributed by atoms with Crippen molar-refractivity contribution in [1.29, 1.82) is 0 Å². The molecule has 0 bridgehead atoms. The van der Waals surface area contributed by atoms with Crippen molar-refractivity contribution in [1.82, 2.24) is 42.4 Å². The summed E-state index contributed by atoms with van der Waals surface area (Å²) in [6, 6.07) is 14.9. The number of carboxylic acid groups (broad SMARTS) is 1. The second-order valence-corrected chi connectivity index (χ2v) is 25.5. The number of rotatable bonds is 29. The molecule has 112 heavy (non-hydrogen) atoms. The van der Waals surface area contributed by atoms with Crippen molar-refractivity contribution < 1.29 is 147 Å². The summed E-state index contributed by atoms with van der Waals surface area (Å²) < 4.78 is 155. The Balaban J connectivity index is 0.000000550. The first-order valence-electron chi connectivity index (χ1n) is 33.8. The van der Waals surface area contributed by atoms with E-state index in [2.05, 4.69) is 33.9 Å². The minimum absolute atomic E-state index is 0. The van der Waals surface area contributed by atoms with Crippen molar-refractivity contribution in [2.75, 3.05) is 13.2 Å². The molecule has 0 saturated heterocycles. The summed E-state index contributed by atoms with van der Waals surface area (Å²) in [5.41, 5.74) is -1.90. The first kappa shape index (κ1) is 98.2. The summed E-state index contributed by atoms with van der Waals surface area (Å²) in [6.07, 6.45) is -7.55. The average molecular weight is 1640 g/mol. The molecular formula is C72H85F9LiN9O20Zn. The number of aryl methyl sites for hydroxylation is 5. The van der Waals surface area contributed by atoms with E-state index in [4.69, 9.17) is 29.2 Å². The molecule has 9 aromatic rings. The van der Waals surface area contributed by atoms with Gasteiger partial charge in [-0.3, -0.25) is 51.4 Å². The van der Waals surface area contributed by atoms with Crippen LogP contribution in [0.1, 0.15) is 116 Å². The van der Waals surface area contributed by atoms with Crippen molar-refractivity contribution in [3.05, 3.63) is 171 Å². The van der Waals surface area contributed by atoms with Crippen LogP contribution in [0.4, 0.5) is 39.5 Å². The minimum atomic E-state index is -4.88. The van der Waals surface area contributed by atoms with Gasteiger partial charge in [-0.1, -0.05) is 73.1 Å². The number of pyridine rings is 3. The molecule has 6 aromatic heterocycles. The Morgan fingerprint density at radius 1 is 0.509 bits per heavy atom. The first-order valence-corrected chi connectivity index (χ1v) is 33.8. The van der Waals surface area contributed by atoms with Crippen LogP contribution >= 0.6 is 0 Å². The van der Waals surface area contributed by atoms with Gasteiger partial charge in [0, 0.05) is 102 Å². The van der Waals surface area contributed by atoms with E-state index in [1.54, 1.807) is 0 Å². The van der Waals surface area contributed by atoms with E-state index >= 15 is 0 Å². The molecule has 1 unspecified atom stereocenters. The molecule has 3 aromatic carbocycles. The molecule has 0 radical (unpaired) electrons. The third kappa shape index (κ3) is 27.2. The number of benzene rings is 3. The maximum absolute atomic E-state index is 13.4. The number of unbranched alkanes of at least 4 members (excludes halogenated alkanes) is 1. The zero-order valence-corrected chi connectivity index (χ0v) is 66.0. The van der Waals surface area contributed by atoms with E-state index < -0.39 is 76.2 Å². The van der Waals surface area contributed by atoms with Gasteiger partial charge in [0.25, 0.3) is 29.6 Å². The number of fused-ring (bicyclic) bond motifs is 3. The second kappa shape index (κ2) is 44.4. The standard InChI is InChI=1S/C24H26F3N3O6.C24H28F3N3O5.C23H26F3N3O5.CH2O2.Li.2H2O.Zn/c1-15(2)8-9-18-19(35-16-6-4-7-17(12-16)36-24(25,26)27)13-28-21-20(18)22(32)30(23(33)29(21)3)10-5-11-34-14-31;1-5-6-10-30-22(32)20-19(17(31)11-14(2)3)18(13-28-21(20)29(4)23(30)33)34-15-8-7-9-16(12-15)35-24(25,26)27;1-14(2)8-9-17-18(33-15-6-4-7-16(12-15)34-23(24,25)26)13-27-20-19(17)21(31)29(10-5-11-30)22(32)28(20)3;2-1-3;;;;/h4,6-7,12-15H,5,8-11H2,1-3H3;7-9,12-14,17,31H,5-6,10-11H2,1-4H3;4,6-7,12-14,30H,5,8-11H2,1-3H3;1H,(H,2,3);;2*1H2;/q;;;;+1;;;/p-1. The SMILES string of the molecule is CC(C)CCc1c(Oc2cccc(OC(F)(F)F)c2)cnc2c1c(=O)n(CCCO)c(=O)n2C.CC(C)CCc1c(Oc2cccc(OC(F)(F)F)c2)cnc2c1c(=O)n(CCCOC=O)c(=O)n2C.CCCCn1c(=O)c2c(C(O)CC(C)C)c(Oc3cccc(OC(F)(F)F)c3)cnc2n(C)c1=O.O.O=CO.[Li+].[OH-].[Zn]. The number of alkyl halides is 9. The number of nitrogens with zero attached hydrogens (tertiary/aromatic N) is 9. The zero-order valence-electron chi connectivity index (χ0n) is 63.1. The van der Waals surface area contributed by atoms with Crippen molar-refractivity contribution in [3.63, 3.8) is 0 Å². The van der Waals surface area contributed by atoms with Crippen molar-refractivity contribution >= 4 is 46.0 Å². The summed E-state index contributed by atoms with van der Waals surface area (Å²) in [5.74, 6) is -0.328. The molecule has 40 heteroatoms. The molecule has 0 aliphatic heterocycles. The van der Waals surface area contributed by atoms with Crippen LogP contribution in [0, 0.1) is 17.8 Å². The fraction of sp³-hybridized carbons (Fsp3) is 0.431. The van der Waals surface area contributed by atoms with Crippen LogP contribution < -0.4 is 81.0 Å². The molecular weight excluding hydrogens is 1550 g/mol. The summed E-state index contributed by atoms with van der Waals surface area (Å²) in [7, 11) is 4.47. The number of aromatic nitrogens is 9. The Hall–Kier alpha value is -9.90. The molecule has 29 nitrogen and oxygen atoms in total. The Labute approximate surface area is 657 Å². The fourth-order valence-electron chi connectivity index (χ4n) is 11.0. The van der Waals surface area contributed by atoms with Gasteiger partial charge in [-0.15, -0.1) is 39.5 Å². The molecule has 0 amide bonds. The van der Waals surface area contributed by atoms with Crippen LogP contribution in [0.15, 0.2) is 120 Å². The van der Waals surface area contributed by atoms with Gasteiger partial charge in [-0.2, -0.15) is 0 Å². The molecule has 9 rings (SSSR count). The van der Waals surface area contributed by atoms with Gasteiger partial charge in [-0.25, -0.2) is 29.3 Å². The quantitative estimate of drug-likeness (QED) is 0.0173. The van der Waals surface area contributed by atoms with E-state index in [1.807, 2.05) is 48.5 Å². The summed E-state index contributed by atoms with van der Waals surface area (Å²) in [4.78, 5) is 110. The molecule has 6 heterocycles. The fourth-order valence-corrected chi connectivity index (χ4v) is 11.0. The number of aliphatic hydroxyl groups is 2. The topological polar surface area (TPSA) is 392 Å². The van der Waals surface area contributed by atoms with E-state index in [1.165, 1.54) is 89.8 Å². The van der Waals surface area contributed by atoms with Crippen LogP contribution in [-0.2, 0) is 87.4 Å². The number of hydrogen-bond acceptors (Lipinski definition) is 21. The third-order valence-electron chi connectivity index (χ3n) is 16.0. The zero-order chi connectivity index (χ0) is 80.1. The Kier molecular flexibility index (Phi) is 38.9. The van der Waals surface area contributed by atoms with Gasteiger partial charge in [0.2, 0.25) is 0 Å². The third-order valence-corrected chi connectivity index (χ3v) is 16.0. The van der Waals surface area contributed by atoms with Gasteiger partial charge in [0.15, 0.2) is 5.75 Å². The first-order chi connectivity index (χ1) is 50.9. The van der Waals surface area contributed by atoms with Crippen LogP contribution in [-0.4, -0.2) is 114 Å². The Morgan fingerprint density at radius 3 is 1.16 bits per heavy atom. The van der Waals surface area contributed by atoms with E-state index in [0.29, 0.717) is 43.2 Å². The van der Waals surface area contributed by atoms with E-state index in [-0.39, 0.29) is 205 Å². The maximum atomic E-state index is 13.4. The molecule has 0 aliphatic rings. The predicted octanol–water partition coefficient (Wildman–Crippen LogP) is 8.06. The Morgan fingerprint density at radius 2 is 0.830 bits per heavy atom. The van der Waals surface area contributed by atoms with Crippen LogP contribution in [0.5, 0.6) is 51.7 Å². The van der Waals surface area contributed by atoms with E-state index in [9.17, 15) is 78.2 Å². The molecule has 0 spiro atoms. The predicted molar refractivity (Wildman–Crippen MR) is 382 cm³/mol. The molecule has 604 valence electrons. The molecule has 6 N–H and O–H groups in total. The molecule has 0 saturated carbocycles. The van der Waals surface area contributed by atoms with E-state index in [0.717, 1.165) is 56.5 Å². The van der Waals surface area contributed by atoms with Gasteiger partial charge >= 0.3 is 55.0 Å². The van der Waals surface area contributed by atoms with Crippen LogP contribution in [0.3, 0.4) is 0 Å². The largest absolute Gasteiger partial charge is 1.00 e.